The summed E-state index contributed by atoms with van der Waals surface area (Å²) in [6.45, 7) is 8.88. The fraction of sp³-hybridized carbons (Fsp3) is 0.562. The number of nitrogens with zero attached hydrogens (tertiary/aromatic N) is 3. The number of piperazine rings is 1. The Kier molecular flexibility index (Phi) is 6.80. The molecule has 0 amide bonds. The van der Waals surface area contributed by atoms with Crippen LogP contribution in [0.25, 0.3) is 0 Å². The van der Waals surface area contributed by atoms with E-state index in [2.05, 4.69) is 33.1 Å². The van der Waals surface area contributed by atoms with Crippen molar-refractivity contribution in [2.75, 3.05) is 50.7 Å². The molecule has 0 atom stereocenters. The minimum absolute atomic E-state index is 0.555. The molecule has 0 saturated carbocycles. The van der Waals surface area contributed by atoms with Crippen LogP contribution in [0.4, 0.5) is 5.69 Å². The van der Waals surface area contributed by atoms with Crippen LogP contribution in [0, 0.1) is 0 Å². The van der Waals surface area contributed by atoms with Crippen LogP contribution in [0.5, 0.6) is 0 Å². The van der Waals surface area contributed by atoms with Gasteiger partial charge in [-0.3, -0.25) is 9.89 Å². The van der Waals surface area contributed by atoms with Crippen LogP contribution in [0.1, 0.15) is 13.3 Å². The van der Waals surface area contributed by atoms with Crippen molar-refractivity contribution in [3.63, 3.8) is 0 Å². The maximum Gasteiger partial charge on any atom is 0.188 e. The Morgan fingerprint density at radius 2 is 2.09 bits per heavy atom. The Morgan fingerprint density at radius 3 is 2.77 bits per heavy atom. The average Bonchev–Trinajstić information content (AvgIpc) is 2.53. The number of anilines is 1. The molecule has 1 aliphatic rings. The monoisotopic (exact) mass is 323 g/mol. The molecule has 122 valence electrons. The minimum atomic E-state index is 0.555. The van der Waals surface area contributed by atoms with Crippen LogP contribution in [-0.2, 0) is 0 Å². The summed E-state index contributed by atoms with van der Waals surface area (Å²) < 4.78 is 0. The molecule has 0 bridgehead atoms. The molecule has 1 aromatic carbocycles. The third-order valence-corrected chi connectivity index (χ3v) is 4.02. The second kappa shape index (κ2) is 8.86. The van der Waals surface area contributed by atoms with Gasteiger partial charge in [-0.05, 0) is 24.6 Å². The van der Waals surface area contributed by atoms with Crippen LogP contribution in [0.15, 0.2) is 29.3 Å². The smallest absolute Gasteiger partial charge is 0.188 e. The van der Waals surface area contributed by atoms with Crippen LogP contribution < -0.4 is 16.0 Å². The summed E-state index contributed by atoms with van der Waals surface area (Å²) in [7, 11) is 0. The van der Waals surface area contributed by atoms with Gasteiger partial charge in [0.2, 0.25) is 0 Å². The maximum atomic E-state index is 6.06. The zero-order chi connectivity index (χ0) is 15.8. The van der Waals surface area contributed by atoms with E-state index >= 15 is 0 Å². The van der Waals surface area contributed by atoms with Crippen LogP contribution in [-0.4, -0.2) is 56.7 Å². The standard InChI is InChI=1S/C16H26ClN5/c1-2-6-19-16(18)20-7-8-21-9-11-22(12-10-21)15-5-3-4-14(17)13-15/h3-5,13H,2,6-12H2,1H3,(H3,18,19,20). The van der Waals surface area contributed by atoms with Crippen molar-refractivity contribution in [2.24, 2.45) is 10.7 Å². The molecule has 0 aromatic heterocycles. The predicted molar refractivity (Wildman–Crippen MR) is 94.9 cm³/mol. The molecule has 1 fully saturated rings. The molecule has 1 heterocycles. The van der Waals surface area contributed by atoms with Gasteiger partial charge in [0.05, 0.1) is 0 Å². The van der Waals surface area contributed by atoms with Crippen LogP contribution >= 0.6 is 11.6 Å². The van der Waals surface area contributed by atoms with Gasteiger partial charge in [0, 0.05) is 56.5 Å². The summed E-state index contributed by atoms with van der Waals surface area (Å²) in [4.78, 5) is 9.06. The molecule has 0 radical (unpaired) electrons. The highest BCUT2D eigenvalue weighted by atomic mass is 35.5. The van der Waals surface area contributed by atoms with Crippen molar-refractivity contribution in [3.05, 3.63) is 29.3 Å². The van der Waals surface area contributed by atoms with E-state index in [1.165, 1.54) is 5.69 Å². The van der Waals surface area contributed by atoms with E-state index in [9.17, 15) is 0 Å². The van der Waals surface area contributed by atoms with Crippen LogP contribution in [0.3, 0.4) is 0 Å². The van der Waals surface area contributed by atoms with Crippen molar-refractivity contribution in [1.82, 2.24) is 10.2 Å². The minimum Gasteiger partial charge on any atom is -0.370 e. The molecule has 1 aromatic rings. The Morgan fingerprint density at radius 1 is 1.32 bits per heavy atom. The number of hydrogen-bond donors (Lipinski definition) is 2. The summed E-state index contributed by atoms with van der Waals surface area (Å²) in [5, 5.41) is 3.97. The third-order valence-electron chi connectivity index (χ3n) is 3.79. The lowest BCUT2D eigenvalue weighted by Crippen LogP contribution is -2.49. The number of hydrogen-bond acceptors (Lipinski definition) is 3. The lowest BCUT2D eigenvalue weighted by molar-refractivity contribution is 0.261. The summed E-state index contributed by atoms with van der Waals surface area (Å²) >= 11 is 6.06. The summed E-state index contributed by atoms with van der Waals surface area (Å²) in [5.41, 5.74) is 7.00. The summed E-state index contributed by atoms with van der Waals surface area (Å²) in [6, 6.07) is 8.07. The zero-order valence-corrected chi connectivity index (χ0v) is 14.0. The first-order chi connectivity index (χ1) is 10.7. The summed E-state index contributed by atoms with van der Waals surface area (Å²) in [5.74, 6) is 0.555. The summed E-state index contributed by atoms with van der Waals surface area (Å²) in [6.07, 6.45) is 1.02. The molecule has 22 heavy (non-hydrogen) atoms. The molecule has 3 N–H and O–H groups in total. The van der Waals surface area contributed by atoms with Gasteiger partial charge in [-0.2, -0.15) is 0 Å². The highest BCUT2D eigenvalue weighted by molar-refractivity contribution is 6.30. The molecule has 1 saturated heterocycles. The SMILES string of the molecule is CCCN=C(N)NCCN1CCN(c2cccc(Cl)c2)CC1. The fourth-order valence-corrected chi connectivity index (χ4v) is 2.72. The Balaban J connectivity index is 1.69. The van der Waals surface area contributed by atoms with Gasteiger partial charge in [0.25, 0.3) is 0 Å². The average molecular weight is 324 g/mol. The van der Waals surface area contributed by atoms with E-state index in [1.54, 1.807) is 0 Å². The van der Waals surface area contributed by atoms with E-state index in [4.69, 9.17) is 17.3 Å². The lowest BCUT2D eigenvalue weighted by Gasteiger charge is -2.36. The molecular formula is C16H26ClN5. The van der Waals surface area contributed by atoms with E-state index in [-0.39, 0.29) is 0 Å². The second-order valence-corrected chi connectivity index (χ2v) is 5.94. The topological polar surface area (TPSA) is 56.9 Å². The largest absolute Gasteiger partial charge is 0.370 e. The van der Waals surface area contributed by atoms with Gasteiger partial charge in [-0.15, -0.1) is 0 Å². The molecule has 6 heteroatoms. The van der Waals surface area contributed by atoms with Crippen molar-refractivity contribution >= 4 is 23.2 Å². The fourth-order valence-electron chi connectivity index (χ4n) is 2.53. The highest BCUT2D eigenvalue weighted by Gasteiger charge is 2.16. The zero-order valence-electron chi connectivity index (χ0n) is 13.3. The first-order valence-electron chi connectivity index (χ1n) is 7.95. The molecule has 5 nitrogen and oxygen atoms in total. The van der Waals surface area contributed by atoms with Gasteiger partial charge < -0.3 is 16.0 Å². The van der Waals surface area contributed by atoms with Gasteiger partial charge in [-0.25, -0.2) is 0 Å². The number of aliphatic imine (C=N–C) groups is 1. The first kappa shape index (κ1) is 16.9. The van der Waals surface area contributed by atoms with E-state index in [1.807, 2.05) is 18.2 Å². The van der Waals surface area contributed by atoms with E-state index < -0.39 is 0 Å². The quantitative estimate of drug-likeness (QED) is 0.619. The predicted octanol–water partition coefficient (Wildman–Crippen LogP) is 1.78. The normalized spacial score (nSPS) is 16.8. The number of guanidine groups is 1. The second-order valence-electron chi connectivity index (χ2n) is 5.50. The third kappa shape index (κ3) is 5.39. The highest BCUT2D eigenvalue weighted by Crippen LogP contribution is 2.20. The van der Waals surface area contributed by atoms with Gasteiger partial charge in [-0.1, -0.05) is 24.6 Å². The van der Waals surface area contributed by atoms with Gasteiger partial charge in [0.15, 0.2) is 5.96 Å². The molecular weight excluding hydrogens is 298 g/mol. The Labute approximate surface area is 138 Å². The molecule has 2 rings (SSSR count). The maximum absolute atomic E-state index is 6.06. The Bertz CT molecular complexity index is 483. The van der Waals surface area contributed by atoms with Gasteiger partial charge in [0.1, 0.15) is 0 Å². The number of benzene rings is 1. The number of rotatable bonds is 6. The lowest BCUT2D eigenvalue weighted by atomic mass is 10.2. The number of halogens is 1. The van der Waals surface area contributed by atoms with Crippen molar-refractivity contribution in [1.29, 1.82) is 0 Å². The molecule has 1 aliphatic heterocycles. The molecule has 0 spiro atoms. The Hall–Kier alpha value is -1.46. The van der Waals surface area contributed by atoms with Gasteiger partial charge >= 0.3 is 0 Å². The van der Waals surface area contributed by atoms with E-state index in [0.717, 1.165) is 57.3 Å². The number of nitrogens with two attached hydrogens (primary N) is 1. The van der Waals surface area contributed by atoms with Crippen molar-refractivity contribution in [3.8, 4) is 0 Å². The van der Waals surface area contributed by atoms with Crippen LogP contribution in [0.2, 0.25) is 5.02 Å². The van der Waals surface area contributed by atoms with Crippen molar-refractivity contribution in [2.45, 2.75) is 13.3 Å². The molecule has 0 unspecified atom stereocenters. The van der Waals surface area contributed by atoms with Crippen molar-refractivity contribution < 1.29 is 0 Å². The molecule has 0 aliphatic carbocycles. The van der Waals surface area contributed by atoms with E-state index in [0.29, 0.717) is 5.96 Å². The number of nitrogens with one attached hydrogen (secondary N) is 1. The first-order valence-corrected chi connectivity index (χ1v) is 8.33.